The van der Waals surface area contributed by atoms with E-state index in [0.29, 0.717) is 29.7 Å². The van der Waals surface area contributed by atoms with Crippen molar-refractivity contribution in [1.29, 1.82) is 0 Å². The quantitative estimate of drug-likeness (QED) is 0.811. The number of nitrogens with one attached hydrogen (secondary N) is 1. The molecule has 24 heavy (non-hydrogen) atoms. The van der Waals surface area contributed by atoms with Crippen molar-refractivity contribution in [1.82, 2.24) is 10.2 Å². The van der Waals surface area contributed by atoms with Gasteiger partial charge in [0.1, 0.15) is 5.75 Å². The van der Waals surface area contributed by atoms with Crippen molar-refractivity contribution in [3.05, 3.63) is 63.6 Å². The summed E-state index contributed by atoms with van der Waals surface area (Å²) < 4.78 is 5.13. The average Bonchev–Trinajstić information content (AvgIpc) is 2.54. The Kier molecular flexibility index (Phi) is 6.91. The highest BCUT2D eigenvalue weighted by molar-refractivity contribution is 6.35. The maximum atomic E-state index is 12.1. The van der Waals surface area contributed by atoms with Crippen LogP contribution in [0.25, 0.3) is 0 Å². The number of hydrogen-bond donors (Lipinski definition) is 1. The van der Waals surface area contributed by atoms with Crippen LogP contribution in [0.4, 0.5) is 0 Å². The number of halogens is 2. The Balaban J connectivity index is 1.80. The minimum atomic E-state index is -0.0583. The zero-order chi connectivity index (χ0) is 17.5. The van der Waals surface area contributed by atoms with Crippen LogP contribution in [-0.4, -0.2) is 31.5 Å². The van der Waals surface area contributed by atoms with Gasteiger partial charge in [-0.1, -0.05) is 41.4 Å². The largest absolute Gasteiger partial charge is 0.497 e. The second-order valence-electron chi connectivity index (χ2n) is 5.53. The summed E-state index contributed by atoms with van der Waals surface area (Å²) in [6, 6.07) is 13.0. The van der Waals surface area contributed by atoms with E-state index in [1.165, 1.54) is 0 Å². The number of ether oxygens (including phenoxy) is 1. The third kappa shape index (κ3) is 5.71. The van der Waals surface area contributed by atoms with E-state index >= 15 is 0 Å². The molecule has 0 aromatic heterocycles. The van der Waals surface area contributed by atoms with Gasteiger partial charge in [0.05, 0.1) is 13.7 Å². The van der Waals surface area contributed by atoms with E-state index in [9.17, 15) is 4.79 Å². The van der Waals surface area contributed by atoms with Gasteiger partial charge in [-0.2, -0.15) is 0 Å². The zero-order valence-corrected chi connectivity index (χ0v) is 15.2. The van der Waals surface area contributed by atoms with Crippen molar-refractivity contribution in [2.45, 2.75) is 13.1 Å². The van der Waals surface area contributed by atoms with Gasteiger partial charge >= 0.3 is 0 Å². The van der Waals surface area contributed by atoms with E-state index in [2.05, 4.69) is 5.32 Å². The summed E-state index contributed by atoms with van der Waals surface area (Å²) in [7, 11) is 3.54. The number of carbonyl (C=O) groups excluding carboxylic acids is 1. The van der Waals surface area contributed by atoms with Crippen LogP contribution in [0.5, 0.6) is 5.75 Å². The first-order chi connectivity index (χ1) is 11.5. The van der Waals surface area contributed by atoms with Crippen LogP contribution in [0, 0.1) is 0 Å². The number of likely N-dealkylation sites (N-methyl/N-ethyl adjacent to an activating group) is 1. The predicted molar refractivity (Wildman–Crippen MR) is 97.6 cm³/mol. The van der Waals surface area contributed by atoms with E-state index in [-0.39, 0.29) is 5.91 Å². The number of amides is 1. The summed E-state index contributed by atoms with van der Waals surface area (Å²) in [6.07, 6.45) is 0. The third-order valence-corrected chi connectivity index (χ3v) is 4.10. The number of benzene rings is 2. The molecule has 128 valence electrons. The summed E-state index contributed by atoms with van der Waals surface area (Å²) in [4.78, 5) is 14.0. The number of carbonyl (C=O) groups is 1. The van der Waals surface area contributed by atoms with Gasteiger partial charge in [0.25, 0.3) is 0 Å². The lowest BCUT2D eigenvalue weighted by Crippen LogP contribution is -2.34. The number of rotatable bonds is 7. The standard InChI is InChI=1S/C18H20Cl2N2O2/c1-22(11-13-3-7-16(24-2)8-4-13)12-18(23)21-10-14-5-6-15(19)9-17(14)20/h3-9H,10-12H2,1-2H3,(H,21,23). The second-order valence-corrected chi connectivity index (χ2v) is 6.38. The van der Waals surface area contributed by atoms with Gasteiger partial charge in [-0.25, -0.2) is 0 Å². The Morgan fingerprint density at radius 3 is 2.50 bits per heavy atom. The fourth-order valence-corrected chi connectivity index (χ4v) is 2.73. The van der Waals surface area contributed by atoms with Gasteiger partial charge in [-0.3, -0.25) is 9.69 Å². The van der Waals surface area contributed by atoms with Crippen LogP contribution in [-0.2, 0) is 17.9 Å². The minimum absolute atomic E-state index is 0.0583. The molecule has 0 aliphatic carbocycles. The lowest BCUT2D eigenvalue weighted by Gasteiger charge is -2.17. The SMILES string of the molecule is COc1ccc(CN(C)CC(=O)NCc2ccc(Cl)cc2Cl)cc1. The van der Waals surface area contributed by atoms with Crippen LogP contribution in [0.1, 0.15) is 11.1 Å². The Hall–Kier alpha value is -1.75. The van der Waals surface area contributed by atoms with Crippen molar-refractivity contribution in [3.8, 4) is 5.75 Å². The topological polar surface area (TPSA) is 41.6 Å². The molecule has 1 N–H and O–H groups in total. The molecule has 0 aliphatic rings. The maximum Gasteiger partial charge on any atom is 0.234 e. The summed E-state index contributed by atoms with van der Waals surface area (Å²) in [6.45, 7) is 1.36. The van der Waals surface area contributed by atoms with E-state index < -0.39 is 0 Å². The summed E-state index contributed by atoms with van der Waals surface area (Å²) >= 11 is 12.0. The molecule has 4 nitrogen and oxygen atoms in total. The first-order valence-corrected chi connectivity index (χ1v) is 8.25. The van der Waals surface area contributed by atoms with Crippen molar-refractivity contribution >= 4 is 29.1 Å². The molecule has 0 saturated carbocycles. The van der Waals surface area contributed by atoms with Crippen molar-refractivity contribution in [2.24, 2.45) is 0 Å². The highest BCUT2D eigenvalue weighted by Crippen LogP contribution is 2.20. The van der Waals surface area contributed by atoms with Crippen LogP contribution >= 0.6 is 23.2 Å². The first-order valence-electron chi connectivity index (χ1n) is 7.50. The van der Waals surface area contributed by atoms with Crippen molar-refractivity contribution in [2.75, 3.05) is 20.7 Å². The molecule has 0 atom stereocenters. The fraction of sp³-hybridized carbons (Fsp3) is 0.278. The van der Waals surface area contributed by atoms with Crippen molar-refractivity contribution in [3.63, 3.8) is 0 Å². The molecule has 1 amide bonds. The first kappa shape index (κ1) is 18.6. The van der Waals surface area contributed by atoms with Crippen LogP contribution in [0.3, 0.4) is 0 Å². The van der Waals surface area contributed by atoms with Crippen LogP contribution in [0.15, 0.2) is 42.5 Å². The molecule has 0 spiro atoms. The molecule has 2 aromatic carbocycles. The predicted octanol–water partition coefficient (Wildman–Crippen LogP) is 3.75. The van der Waals surface area contributed by atoms with Gasteiger partial charge in [-0.15, -0.1) is 0 Å². The molecule has 0 bridgehead atoms. The Morgan fingerprint density at radius 1 is 1.17 bits per heavy atom. The highest BCUT2D eigenvalue weighted by Gasteiger charge is 2.08. The van der Waals surface area contributed by atoms with Gasteiger partial charge < -0.3 is 10.1 Å². The average molecular weight is 367 g/mol. The number of methoxy groups -OCH3 is 1. The fourth-order valence-electron chi connectivity index (χ4n) is 2.26. The third-order valence-electron chi connectivity index (χ3n) is 3.52. The lowest BCUT2D eigenvalue weighted by molar-refractivity contribution is -0.122. The molecule has 0 radical (unpaired) electrons. The molecule has 2 aromatic rings. The van der Waals surface area contributed by atoms with E-state index in [1.54, 1.807) is 19.2 Å². The maximum absolute atomic E-state index is 12.1. The zero-order valence-electron chi connectivity index (χ0n) is 13.7. The smallest absolute Gasteiger partial charge is 0.234 e. The summed E-state index contributed by atoms with van der Waals surface area (Å²) in [5, 5.41) is 3.99. The monoisotopic (exact) mass is 366 g/mol. The second kappa shape index (κ2) is 8.92. The van der Waals surface area contributed by atoms with Gasteiger partial charge in [0.15, 0.2) is 0 Å². The highest BCUT2D eigenvalue weighted by atomic mass is 35.5. The number of hydrogen-bond acceptors (Lipinski definition) is 3. The van der Waals surface area contributed by atoms with Crippen LogP contribution in [0.2, 0.25) is 10.0 Å². The van der Waals surface area contributed by atoms with Gasteiger partial charge in [0, 0.05) is 23.1 Å². The normalized spacial score (nSPS) is 10.7. The molecule has 0 saturated heterocycles. The summed E-state index contributed by atoms with van der Waals surface area (Å²) in [5.74, 6) is 0.760. The lowest BCUT2D eigenvalue weighted by atomic mass is 10.2. The molecule has 6 heteroatoms. The van der Waals surface area contributed by atoms with E-state index in [1.807, 2.05) is 42.3 Å². The molecule has 0 aliphatic heterocycles. The number of nitrogens with zero attached hydrogens (tertiary/aromatic N) is 1. The van der Waals surface area contributed by atoms with Crippen LogP contribution < -0.4 is 10.1 Å². The molecule has 0 fully saturated rings. The Labute approximate surface area is 152 Å². The van der Waals surface area contributed by atoms with E-state index in [4.69, 9.17) is 27.9 Å². The Morgan fingerprint density at radius 2 is 1.88 bits per heavy atom. The summed E-state index contributed by atoms with van der Waals surface area (Å²) in [5.41, 5.74) is 1.96. The molecular weight excluding hydrogens is 347 g/mol. The van der Waals surface area contributed by atoms with Crippen molar-refractivity contribution < 1.29 is 9.53 Å². The molecule has 0 heterocycles. The molecular formula is C18H20Cl2N2O2. The Bertz CT molecular complexity index is 690. The molecule has 0 unspecified atom stereocenters. The van der Waals surface area contributed by atoms with E-state index in [0.717, 1.165) is 16.9 Å². The van der Waals surface area contributed by atoms with Gasteiger partial charge in [-0.05, 0) is 42.4 Å². The minimum Gasteiger partial charge on any atom is -0.497 e. The van der Waals surface area contributed by atoms with Gasteiger partial charge in [0.2, 0.25) is 5.91 Å². The molecule has 2 rings (SSSR count).